The lowest BCUT2D eigenvalue weighted by Crippen LogP contribution is -2.13. The van der Waals surface area contributed by atoms with Crippen LogP contribution in [0.25, 0.3) is 0 Å². The molecule has 1 aromatic heterocycles. The van der Waals surface area contributed by atoms with Crippen molar-refractivity contribution in [1.82, 2.24) is 0 Å². The minimum absolute atomic E-state index is 0.0171. The molecule has 0 fully saturated rings. The second kappa shape index (κ2) is 3.81. The van der Waals surface area contributed by atoms with Crippen LogP contribution in [0.2, 0.25) is 0 Å². The smallest absolute Gasteiger partial charge is 0.285 e. The van der Waals surface area contributed by atoms with Gasteiger partial charge in [0.1, 0.15) is 0 Å². The van der Waals surface area contributed by atoms with Gasteiger partial charge in [-0.15, -0.1) is 11.3 Å². The van der Waals surface area contributed by atoms with Gasteiger partial charge in [0.2, 0.25) is 0 Å². The molecule has 1 N–H and O–H groups in total. The maximum atomic E-state index is 13.1. The molecule has 68 valence electrons. The Balaban J connectivity index is 2.88. The third-order valence-electron chi connectivity index (χ3n) is 1.38. The fourth-order valence-electron chi connectivity index (χ4n) is 0.809. The SMILES string of the molecule is OCCC(F)(F)c1sccc1Br. The van der Waals surface area contributed by atoms with Crippen LogP contribution in [0.5, 0.6) is 0 Å². The lowest BCUT2D eigenvalue weighted by molar-refractivity contribution is -0.0240. The fraction of sp³-hybridized carbons (Fsp3) is 0.429. The van der Waals surface area contributed by atoms with E-state index in [4.69, 9.17) is 5.11 Å². The van der Waals surface area contributed by atoms with Gasteiger partial charge in [-0.1, -0.05) is 0 Å². The van der Waals surface area contributed by atoms with Gasteiger partial charge in [0.25, 0.3) is 5.92 Å². The third-order valence-corrected chi connectivity index (χ3v) is 3.32. The summed E-state index contributed by atoms with van der Waals surface area (Å²) in [7, 11) is 0. The first-order chi connectivity index (χ1) is 5.58. The van der Waals surface area contributed by atoms with Crippen LogP contribution in [0.1, 0.15) is 11.3 Å². The molecular weight excluding hydrogens is 250 g/mol. The standard InChI is InChI=1S/C7H7BrF2OS/c8-5-1-4-12-6(5)7(9,10)2-3-11/h1,4,11H,2-3H2. The molecule has 0 aliphatic carbocycles. The quantitative estimate of drug-likeness (QED) is 0.882. The minimum atomic E-state index is -2.91. The Morgan fingerprint density at radius 3 is 2.67 bits per heavy atom. The van der Waals surface area contributed by atoms with Crippen molar-refractivity contribution in [2.45, 2.75) is 12.3 Å². The monoisotopic (exact) mass is 256 g/mol. The average molecular weight is 257 g/mol. The summed E-state index contributed by atoms with van der Waals surface area (Å²) in [6, 6.07) is 1.57. The van der Waals surface area contributed by atoms with Gasteiger partial charge in [-0.25, -0.2) is 8.78 Å². The van der Waals surface area contributed by atoms with Crippen molar-refractivity contribution in [3.05, 3.63) is 20.8 Å². The second-order valence-electron chi connectivity index (χ2n) is 2.28. The van der Waals surface area contributed by atoms with E-state index in [1.165, 1.54) is 0 Å². The van der Waals surface area contributed by atoms with Crippen LogP contribution in [0, 0.1) is 0 Å². The second-order valence-corrected chi connectivity index (χ2v) is 4.05. The highest BCUT2D eigenvalue weighted by Gasteiger charge is 2.33. The molecule has 1 aromatic rings. The van der Waals surface area contributed by atoms with Crippen LogP contribution >= 0.6 is 27.3 Å². The van der Waals surface area contributed by atoms with Gasteiger partial charge in [-0.2, -0.15) is 0 Å². The van der Waals surface area contributed by atoms with E-state index in [1.54, 1.807) is 11.4 Å². The lowest BCUT2D eigenvalue weighted by Gasteiger charge is -2.13. The molecule has 1 heterocycles. The molecule has 0 unspecified atom stereocenters. The van der Waals surface area contributed by atoms with Crippen molar-refractivity contribution >= 4 is 27.3 Å². The van der Waals surface area contributed by atoms with Crippen molar-refractivity contribution in [2.75, 3.05) is 6.61 Å². The van der Waals surface area contributed by atoms with E-state index in [-0.39, 0.29) is 4.88 Å². The maximum Gasteiger partial charge on any atom is 0.285 e. The number of hydrogen-bond donors (Lipinski definition) is 1. The Labute approximate surface area is 81.2 Å². The van der Waals surface area contributed by atoms with Gasteiger partial charge in [-0.05, 0) is 27.4 Å². The van der Waals surface area contributed by atoms with Crippen LogP contribution in [0.3, 0.4) is 0 Å². The number of rotatable bonds is 3. The van der Waals surface area contributed by atoms with Gasteiger partial charge in [0.05, 0.1) is 4.88 Å². The molecular formula is C7H7BrF2OS. The predicted molar refractivity (Wildman–Crippen MR) is 47.6 cm³/mol. The predicted octanol–water partition coefficient (Wildman–Crippen LogP) is 2.98. The van der Waals surface area contributed by atoms with Gasteiger partial charge in [0, 0.05) is 17.5 Å². The molecule has 5 heteroatoms. The highest BCUT2D eigenvalue weighted by Crippen LogP contribution is 2.39. The van der Waals surface area contributed by atoms with Crippen LogP contribution < -0.4 is 0 Å². The van der Waals surface area contributed by atoms with E-state index in [2.05, 4.69) is 15.9 Å². The molecule has 0 aliphatic heterocycles. The zero-order valence-electron chi connectivity index (χ0n) is 6.06. The molecule has 0 radical (unpaired) electrons. The molecule has 0 saturated carbocycles. The van der Waals surface area contributed by atoms with Crippen LogP contribution in [-0.4, -0.2) is 11.7 Å². The van der Waals surface area contributed by atoms with E-state index < -0.39 is 19.0 Å². The first kappa shape index (κ1) is 10.1. The summed E-state index contributed by atoms with van der Waals surface area (Å²) >= 11 is 4.01. The van der Waals surface area contributed by atoms with Crippen molar-refractivity contribution in [3.63, 3.8) is 0 Å². The summed E-state index contributed by atoms with van der Waals surface area (Å²) in [5.41, 5.74) is 0. The molecule has 1 rings (SSSR count). The number of aliphatic hydroxyl groups is 1. The van der Waals surface area contributed by atoms with Crippen molar-refractivity contribution < 1.29 is 13.9 Å². The Hall–Kier alpha value is -0.000000000000000111. The van der Waals surface area contributed by atoms with E-state index in [0.717, 1.165) is 11.3 Å². The van der Waals surface area contributed by atoms with Gasteiger partial charge < -0.3 is 5.11 Å². The number of hydrogen-bond acceptors (Lipinski definition) is 2. The zero-order valence-corrected chi connectivity index (χ0v) is 8.46. The molecule has 12 heavy (non-hydrogen) atoms. The van der Waals surface area contributed by atoms with Gasteiger partial charge >= 0.3 is 0 Å². The minimum Gasteiger partial charge on any atom is -0.396 e. The van der Waals surface area contributed by atoms with Crippen LogP contribution in [-0.2, 0) is 5.92 Å². The fourth-order valence-corrected chi connectivity index (χ4v) is 2.48. The Morgan fingerprint density at radius 2 is 2.25 bits per heavy atom. The molecule has 0 spiro atoms. The van der Waals surface area contributed by atoms with Crippen LogP contribution in [0.15, 0.2) is 15.9 Å². The normalized spacial score (nSPS) is 12.0. The summed E-state index contributed by atoms with van der Waals surface area (Å²) in [6.07, 6.45) is -0.522. The molecule has 0 saturated heterocycles. The maximum absolute atomic E-state index is 13.1. The molecule has 0 amide bonds. The zero-order chi connectivity index (χ0) is 9.19. The average Bonchev–Trinajstić information content (AvgIpc) is 2.35. The van der Waals surface area contributed by atoms with Crippen molar-refractivity contribution in [3.8, 4) is 0 Å². The lowest BCUT2D eigenvalue weighted by atomic mass is 10.2. The molecule has 0 aliphatic rings. The highest BCUT2D eigenvalue weighted by molar-refractivity contribution is 9.10. The first-order valence-electron chi connectivity index (χ1n) is 3.30. The first-order valence-corrected chi connectivity index (χ1v) is 4.97. The number of thiophene rings is 1. The van der Waals surface area contributed by atoms with E-state index in [9.17, 15) is 8.78 Å². The Bertz CT molecular complexity index is 262. The molecule has 0 bridgehead atoms. The molecule has 1 nitrogen and oxygen atoms in total. The number of aliphatic hydroxyl groups excluding tert-OH is 1. The van der Waals surface area contributed by atoms with E-state index in [1.807, 2.05) is 0 Å². The summed E-state index contributed by atoms with van der Waals surface area (Å²) in [6.45, 7) is -0.503. The topological polar surface area (TPSA) is 20.2 Å². The highest BCUT2D eigenvalue weighted by atomic mass is 79.9. The summed E-state index contributed by atoms with van der Waals surface area (Å²) in [5.74, 6) is -2.91. The van der Waals surface area contributed by atoms with E-state index in [0.29, 0.717) is 4.47 Å². The Morgan fingerprint density at radius 1 is 1.58 bits per heavy atom. The Kier molecular flexibility index (Phi) is 3.20. The van der Waals surface area contributed by atoms with Crippen molar-refractivity contribution in [2.24, 2.45) is 0 Å². The summed E-state index contributed by atoms with van der Waals surface area (Å²) < 4.78 is 26.6. The number of alkyl halides is 2. The van der Waals surface area contributed by atoms with Crippen molar-refractivity contribution in [1.29, 1.82) is 0 Å². The summed E-state index contributed by atoms with van der Waals surface area (Å²) in [4.78, 5) is -0.0171. The third kappa shape index (κ3) is 2.02. The van der Waals surface area contributed by atoms with E-state index >= 15 is 0 Å². The van der Waals surface area contributed by atoms with Gasteiger partial charge in [-0.3, -0.25) is 0 Å². The number of halogens is 3. The van der Waals surface area contributed by atoms with Gasteiger partial charge in [0.15, 0.2) is 0 Å². The largest absolute Gasteiger partial charge is 0.396 e. The summed E-state index contributed by atoms with van der Waals surface area (Å²) in [5, 5.41) is 9.99. The molecule has 0 atom stereocenters. The molecule has 0 aromatic carbocycles. The van der Waals surface area contributed by atoms with Crippen LogP contribution in [0.4, 0.5) is 8.78 Å².